The highest BCUT2D eigenvalue weighted by Gasteiger charge is 2.19. The standard InChI is InChI=1S/C13H18N2O4S/c1-19-10-5-3-9(4-6-10)14-13(18)15-11(12(16)17)7-8-20-2/h3-6,11H,7-8H2,1-2H3,(H,16,17)(H2,14,15,18)/t11-/m0/s1. The Morgan fingerprint density at radius 1 is 1.35 bits per heavy atom. The van der Waals surface area contributed by atoms with E-state index in [0.29, 0.717) is 23.6 Å². The predicted octanol–water partition coefficient (Wildman–Crippen LogP) is 2.02. The predicted molar refractivity (Wildman–Crippen MR) is 79.6 cm³/mol. The van der Waals surface area contributed by atoms with Crippen molar-refractivity contribution in [1.29, 1.82) is 0 Å². The molecule has 1 atom stereocenters. The molecular weight excluding hydrogens is 280 g/mol. The van der Waals surface area contributed by atoms with Gasteiger partial charge in [-0.3, -0.25) is 0 Å². The summed E-state index contributed by atoms with van der Waals surface area (Å²) in [5, 5.41) is 14.0. The molecule has 0 saturated carbocycles. The van der Waals surface area contributed by atoms with Gasteiger partial charge in [0.05, 0.1) is 7.11 Å². The third kappa shape index (κ3) is 5.40. The molecule has 7 heteroatoms. The van der Waals surface area contributed by atoms with E-state index in [2.05, 4.69) is 10.6 Å². The summed E-state index contributed by atoms with van der Waals surface area (Å²) in [5.74, 6) is 0.308. The fourth-order valence-electron chi connectivity index (χ4n) is 1.49. The van der Waals surface area contributed by atoms with Crippen molar-refractivity contribution < 1.29 is 19.4 Å². The number of aliphatic carboxylic acids is 1. The molecule has 1 aromatic carbocycles. The normalized spacial score (nSPS) is 11.5. The number of rotatable bonds is 7. The van der Waals surface area contributed by atoms with Crippen molar-refractivity contribution in [3.05, 3.63) is 24.3 Å². The van der Waals surface area contributed by atoms with Gasteiger partial charge in [-0.2, -0.15) is 11.8 Å². The van der Waals surface area contributed by atoms with E-state index in [4.69, 9.17) is 9.84 Å². The Labute approximate surface area is 121 Å². The Hall–Kier alpha value is -1.89. The van der Waals surface area contributed by atoms with E-state index in [0.717, 1.165) is 0 Å². The van der Waals surface area contributed by atoms with Crippen molar-refractivity contribution in [3.63, 3.8) is 0 Å². The van der Waals surface area contributed by atoms with Gasteiger partial charge in [0.25, 0.3) is 0 Å². The van der Waals surface area contributed by atoms with Gasteiger partial charge in [0.15, 0.2) is 0 Å². The molecule has 0 aliphatic carbocycles. The third-order valence-corrected chi connectivity index (χ3v) is 3.21. The van der Waals surface area contributed by atoms with E-state index in [1.54, 1.807) is 31.4 Å². The smallest absolute Gasteiger partial charge is 0.326 e. The topological polar surface area (TPSA) is 87.7 Å². The first-order chi connectivity index (χ1) is 9.56. The molecule has 0 bridgehead atoms. The van der Waals surface area contributed by atoms with Crippen molar-refractivity contribution in [2.45, 2.75) is 12.5 Å². The average Bonchev–Trinajstić information content (AvgIpc) is 2.44. The lowest BCUT2D eigenvalue weighted by Gasteiger charge is -2.14. The van der Waals surface area contributed by atoms with Crippen LogP contribution in [0.3, 0.4) is 0 Å². The minimum absolute atomic E-state index is 0.381. The lowest BCUT2D eigenvalue weighted by molar-refractivity contribution is -0.139. The molecular formula is C13H18N2O4S. The molecule has 0 radical (unpaired) electrons. The number of ether oxygens (including phenoxy) is 1. The highest BCUT2D eigenvalue weighted by Crippen LogP contribution is 2.14. The Balaban J connectivity index is 2.53. The molecule has 0 aliphatic heterocycles. The number of benzene rings is 1. The van der Waals surface area contributed by atoms with Crippen molar-refractivity contribution >= 4 is 29.4 Å². The number of carboxylic acids is 1. The summed E-state index contributed by atoms with van der Waals surface area (Å²) in [6, 6.07) is 5.34. The molecule has 110 valence electrons. The van der Waals surface area contributed by atoms with Gasteiger partial charge < -0.3 is 20.5 Å². The first kappa shape index (κ1) is 16.2. The Morgan fingerprint density at radius 2 is 2.00 bits per heavy atom. The van der Waals surface area contributed by atoms with Gasteiger partial charge in [0.2, 0.25) is 0 Å². The van der Waals surface area contributed by atoms with E-state index in [1.807, 2.05) is 6.26 Å². The van der Waals surface area contributed by atoms with Gasteiger partial charge in [-0.15, -0.1) is 0 Å². The molecule has 0 fully saturated rings. The van der Waals surface area contributed by atoms with Crippen LogP contribution < -0.4 is 15.4 Å². The number of carbonyl (C=O) groups excluding carboxylic acids is 1. The van der Waals surface area contributed by atoms with Crippen LogP contribution in [0.25, 0.3) is 0 Å². The van der Waals surface area contributed by atoms with Crippen molar-refractivity contribution in [2.24, 2.45) is 0 Å². The molecule has 0 spiro atoms. The minimum Gasteiger partial charge on any atom is -0.497 e. The van der Waals surface area contributed by atoms with Crippen LogP contribution in [0, 0.1) is 0 Å². The highest BCUT2D eigenvalue weighted by molar-refractivity contribution is 7.98. The lowest BCUT2D eigenvalue weighted by atomic mass is 10.2. The second-order valence-corrected chi connectivity index (χ2v) is 4.98. The first-order valence-corrected chi connectivity index (χ1v) is 7.39. The molecule has 20 heavy (non-hydrogen) atoms. The lowest BCUT2D eigenvalue weighted by Crippen LogP contribution is -2.43. The maximum Gasteiger partial charge on any atom is 0.326 e. The second-order valence-electron chi connectivity index (χ2n) is 4.00. The van der Waals surface area contributed by atoms with Crippen LogP contribution in [0.5, 0.6) is 5.75 Å². The molecule has 6 nitrogen and oxygen atoms in total. The molecule has 0 saturated heterocycles. The van der Waals surface area contributed by atoms with Crippen LogP contribution in [-0.4, -0.2) is 42.3 Å². The van der Waals surface area contributed by atoms with Crippen LogP contribution in [0.1, 0.15) is 6.42 Å². The number of amides is 2. The van der Waals surface area contributed by atoms with E-state index < -0.39 is 18.0 Å². The van der Waals surface area contributed by atoms with Crippen LogP contribution in [0.4, 0.5) is 10.5 Å². The van der Waals surface area contributed by atoms with Crippen molar-refractivity contribution in [2.75, 3.05) is 24.4 Å². The fourth-order valence-corrected chi connectivity index (χ4v) is 1.96. The largest absolute Gasteiger partial charge is 0.497 e. The van der Waals surface area contributed by atoms with E-state index in [1.165, 1.54) is 11.8 Å². The van der Waals surface area contributed by atoms with Crippen LogP contribution in [-0.2, 0) is 4.79 Å². The van der Waals surface area contributed by atoms with E-state index >= 15 is 0 Å². The molecule has 0 heterocycles. The quantitative estimate of drug-likeness (QED) is 0.717. The Kier molecular flexibility index (Phi) is 6.72. The monoisotopic (exact) mass is 298 g/mol. The third-order valence-electron chi connectivity index (χ3n) is 2.56. The Bertz CT molecular complexity index is 450. The molecule has 1 aromatic rings. The number of nitrogens with one attached hydrogen (secondary N) is 2. The van der Waals surface area contributed by atoms with Gasteiger partial charge in [0.1, 0.15) is 11.8 Å². The SMILES string of the molecule is COc1ccc(NC(=O)N[C@@H](CCSC)C(=O)O)cc1. The van der Waals surface area contributed by atoms with Gasteiger partial charge in [-0.1, -0.05) is 0 Å². The zero-order valence-electron chi connectivity index (χ0n) is 11.4. The van der Waals surface area contributed by atoms with Gasteiger partial charge in [-0.05, 0) is 42.7 Å². The average molecular weight is 298 g/mol. The fraction of sp³-hybridized carbons (Fsp3) is 0.385. The number of methoxy groups -OCH3 is 1. The zero-order valence-corrected chi connectivity index (χ0v) is 12.2. The van der Waals surface area contributed by atoms with E-state index in [-0.39, 0.29) is 0 Å². The van der Waals surface area contributed by atoms with Gasteiger partial charge >= 0.3 is 12.0 Å². The molecule has 0 unspecified atom stereocenters. The zero-order chi connectivity index (χ0) is 15.0. The van der Waals surface area contributed by atoms with Crippen LogP contribution in [0.15, 0.2) is 24.3 Å². The molecule has 3 N–H and O–H groups in total. The number of thioether (sulfide) groups is 1. The van der Waals surface area contributed by atoms with Gasteiger partial charge in [0, 0.05) is 5.69 Å². The van der Waals surface area contributed by atoms with Crippen molar-refractivity contribution in [3.8, 4) is 5.75 Å². The van der Waals surface area contributed by atoms with Crippen molar-refractivity contribution in [1.82, 2.24) is 5.32 Å². The summed E-state index contributed by atoms with van der Waals surface area (Å²) in [6.45, 7) is 0. The summed E-state index contributed by atoms with van der Waals surface area (Å²) >= 11 is 1.53. The number of urea groups is 1. The number of hydrogen-bond donors (Lipinski definition) is 3. The molecule has 0 aromatic heterocycles. The van der Waals surface area contributed by atoms with Crippen LogP contribution >= 0.6 is 11.8 Å². The molecule has 0 aliphatic rings. The maximum atomic E-state index is 11.7. The second kappa shape index (κ2) is 8.31. The molecule has 1 rings (SSSR count). The molecule has 2 amide bonds. The highest BCUT2D eigenvalue weighted by atomic mass is 32.2. The summed E-state index contributed by atoms with van der Waals surface area (Å²) in [7, 11) is 1.55. The number of anilines is 1. The number of carboxylic acid groups (broad SMARTS) is 1. The van der Waals surface area contributed by atoms with Gasteiger partial charge in [-0.25, -0.2) is 9.59 Å². The maximum absolute atomic E-state index is 11.7. The van der Waals surface area contributed by atoms with Crippen LogP contribution in [0.2, 0.25) is 0 Å². The first-order valence-electron chi connectivity index (χ1n) is 6.00. The summed E-state index contributed by atoms with van der Waals surface area (Å²) in [6.07, 6.45) is 2.27. The Morgan fingerprint density at radius 3 is 2.50 bits per heavy atom. The summed E-state index contributed by atoms with van der Waals surface area (Å²) < 4.78 is 5.01. The summed E-state index contributed by atoms with van der Waals surface area (Å²) in [4.78, 5) is 22.7. The number of carbonyl (C=O) groups is 2. The minimum atomic E-state index is -1.04. The summed E-state index contributed by atoms with van der Waals surface area (Å²) in [5.41, 5.74) is 0.567. The van der Waals surface area contributed by atoms with E-state index in [9.17, 15) is 9.59 Å². The number of hydrogen-bond acceptors (Lipinski definition) is 4.